The second-order valence-corrected chi connectivity index (χ2v) is 3.36. The molecule has 0 spiro atoms. The van der Waals surface area contributed by atoms with Gasteiger partial charge >= 0.3 is 6.16 Å². The molecule has 3 nitrogen and oxygen atoms in total. The van der Waals surface area contributed by atoms with Crippen LogP contribution in [0.3, 0.4) is 0 Å². The molecule has 1 atom stereocenters. The molecule has 0 aliphatic carbocycles. The van der Waals surface area contributed by atoms with Crippen molar-refractivity contribution in [2.24, 2.45) is 0 Å². The lowest BCUT2D eigenvalue weighted by atomic mass is 10.2. The SMILES string of the molecule is CCC(C)OC(=O)OCc1ccccc1. The van der Waals surface area contributed by atoms with E-state index in [1.165, 1.54) is 0 Å². The second-order valence-electron chi connectivity index (χ2n) is 3.36. The predicted molar refractivity (Wildman–Crippen MR) is 57.5 cm³/mol. The maximum atomic E-state index is 11.1. The molecule has 1 aromatic rings. The van der Waals surface area contributed by atoms with Gasteiger partial charge < -0.3 is 9.47 Å². The molecule has 0 aliphatic rings. The minimum atomic E-state index is -0.604. The van der Waals surface area contributed by atoms with E-state index in [9.17, 15) is 4.79 Å². The van der Waals surface area contributed by atoms with Crippen LogP contribution in [0.25, 0.3) is 0 Å². The van der Waals surface area contributed by atoms with Crippen LogP contribution < -0.4 is 0 Å². The smallest absolute Gasteiger partial charge is 0.431 e. The molecule has 0 heterocycles. The third-order valence-corrected chi connectivity index (χ3v) is 2.07. The van der Waals surface area contributed by atoms with Crippen LogP contribution in [0.2, 0.25) is 0 Å². The Kier molecular flexibility index (Phi) is 4.68. The van der Waals surface area contributed by atoms with Gasteiger partial charge in [0.15, 0.2) is 0 Å². The Hall–Kier alpha value is -1.51. The van der Waals surface area contributed by atoms with Crippen LogP contribution in [-0.4, -0.2) is 12.3 Å². The molecule has 1 rings (SSSR count). The fraction of sp³-hybridized carbons (Fsp3) is 0.417. The zero-order valence-electron chi connectivity index (χ0n) is 9.10. The number of hydrogen-bond acceptors (Lipinski definition) is 3. The minimum Gasteiger partial charge on any atom is -0.431 e. The molecule has 0 radical (unpaired) electrons. The number of ether oxygens (including phenoxy) is 2. The molecule has 15 heavy (non-hydrogen) atoms. The molecular formula is C12H16O3. The summed E-state index contributed by atoms with van der Waals surface area (Å²) >= 11 is 0. The fourth-order valence-corrected chi connectivity index (χ4v) is 0.998. The highest BCUT2D eigenvalue weighted by Gasteiger charge is 2.08. The van der Waals surface area contributed by atoms with Gasteiger partial charge in [0.05, 0.1) is 0 Å². The number of carbonyl (C=O) groups excluding carboxylic acids is 1. The molecular weight excluding hydrogens is 192 g/mol. The molecule has 82 valence electrons. The summed E-state index contributed by atoms with van der Waals surface area (Å²) in [4.78, 5) is 11.1. The third kappa shape index (κ3) is 4.49. The van der Waals surface area contributed by atoms with E-state index in [0.717, 1.165) is 12.0 Å². The van der Waals surface area contributed by atoms with Crippen molar-refractivity contribution in [2.45, 2.75) is 33.0 Å². The summed E-state index contributed by atoms with van der Waals surface area (Å²) in [5.74, 6) is 0. The van der Waals surface area contributed by atoms with Crippen molar-refractivity contribution in [1.29, 1.82) is 0 Å². The van der Waals surface area contributed by atoms with Gasteiger partial charge in [-0.3, -0.25) is 0 Å². The molecule has 0 N–H and O–H groups in total. The van der Waals surface area contributed by atoms with Gasteiger partial charge in [0.2, 0.25) is 0 Å². The first-order valence-corrected chi connectivity index (χ1v) is 5.09. The van der Waals surface area contributed by atoms with Gasteiger partial charge in [-0.25, -0.2) is 4.79 Å². The first-order chi connectivity index (χ1) is 7.22. The van der Waals surface area contributed by atoms with Gasteiger partial charge in [0.25, 0.3) is 0 Å². The monoisotopic (exact) mass is 208 g/mol. The lowest BCUT2D eigenvalue weighted by Gasteiger charge is -2.10. The largest absolute Gasteiger partial charge is 0.508 e. The Morgan fingerprint density at radius 3 is 2.60 bits per heavy atom. The maximum Gasteiger partial charge on any atom is 0.508 e. The summed E-state index contributed by atoms with van der Waals surface area (Å²) in [6, 6.07) is 9.52. The maximum absolute atomic E-state index is 11.1. The van der Waals surface area contributed by atoms with Crippen molar-refractivity contribution in [3.63, 3.8) is 0 Å². The van der Waals surface area contributed by atoms with Crippen molar-refractivity contribution in [2.75, 3.05) is 0 Å². The Bertz CT molecular complexity index is 295. The number of rotatable bonds is 4. The number of hydrogen-bond donors (Lipinski definition) is 0. The first-order valence-electron chi connectivity index (χ1n) is 5.09. The third-order valence-electron chi connectivity index (χ3n) is 2.07. The summed E-state index contributed by atoms with van der Waals surface area (Å²) < 4.78 is 9.90. The van der Waals surface area contributed by atoms with Gasteiger partial charge in [-0.2, -0.15) is 0 Å². The Morgan fingerprint density at radius 1 is 1.33 bits per heavy atom. The summed E-state index contributed by atoms with van der Waals surface area (Å²) in [5.41, 5.74) is 0.957. The summed E-state index contributed by atoms with van der Waals surface area (Å²) in [5, 5.41) is 0. The number of benzene rings is 1. The quantitative estimate of drug-likeness (QED) is 0.713. The van der Waals surface area contributed by atoms with E-state index in [2.05, 4.69) is 0 Å². The molecule has 0 amide bonds. The summed E-state index contributed by atoms with van der Waals surface area (Å²) in [7, 11) is 0. The van der Waals surface area contributed by atoms with Crippen molar-refractivity contribution in [1.82, 2.24) is 0 Å². The summed E-state index contributed by atoms with van der Waals surface area (Å²) in [6.07, 6.45) is 0.0990. The van der Waals surface area contributed by atoms with Crippen LogP contribution in [0.15, 0.2) is 30.3 Å². The van der Waals surface area contributed by atoms with E-state index in [-0.39, 0.29) is 12.7 Å². The predicted octanol–water partition coefficient (Wildman–Crippen LogP) is 3.14. The van der Waals surface area contributed by atoms with Crippen molar-refractivity contribution < 1.29 is 14.3 Å². The van der Waals surface area contributed by atoms with E-state index < -0.39 is 6.16 Å². The van der Waals surface area contributed by atoms with Crippen LogP contribution in [0, 0.1) is 0 Å². The highest BCUT2D eigenvalue weighted by atomic mass is 16.7. The molecule has 0 saturated carbocycles. The summed E-state index contributed by atoms with van der Waals surface area (Å²) in [6.45, 7) is 4.05. The molecule has 0 fully saturated rings. The highest BCUT2D eigenvalue weighted by Crippen LogP contribution is 2.03. The zero-order valence-corrected chi connectivity index (χ0v) is 9.10. The van der Waals surface area contributed by atoms with Crippen molar-refractivity contribution in [3.05, 3.63) is 35.9 Å². The lowest BCUT2D eigenvalue weighted by molar-refractivity contribution is 0.0235. The Labute approximate surface area is 90.0 Å². The lowest BCUT2D eigenvalue weighted by Crippen LogP contribution is -2.14. The van der Waals surface area contributed by atoms with Gasteiger partial charge in [0.1, 0.15) is 12.7 Å². The molecule has 1 aromatic carbocycles. The molecule has 0 aliphatic heterocycles. The first kappa shape index (κ1) is 11.6. The second kappa shape index (κ2) is 6.06. The molecule has 0 aromatic heterocycles. The Balaban J connectivity index is 2.29. The average Bonchev–Trinajstić information content (AvgIpc) is 2.27. The zero-order chi connectivity index (χ0) is 11.1. The van der Waals surface area contributed by atoms with Gasteiger partial charge in [0, 0.05) is 0 Å². The van der Waals surface area contributed by atoms with Gasteiger partial charge in [-0.05, 0) is 18.9 Å². The molecule has 0 saturated heterocycles. The average molecular weight is 208 g/mol. The van der Waals surface area contributed by atoms with Crippen LogP contribution in [0.4, 0.5) is 4.79 Å². The van der Waals surface area contributed by atoms with Gasteiger partial charge in [-0.1, -0.05) is 37.3 Å². The number of carbonyl (C=O) groups is 1. The fourth-order valence-electron chi connectivity index (χ4n) is 0.998. The minimum absolute atomic E-state index is 0.0896. The van der Waals surface area contributed by atoms with E-state index in [0.29, 0.717) is 0 Å². The van der Waals surface area contributed by atoms with Crippen LogP contribution in [-0.2, 0) is 16.1 Å². The normalized spacial score (nSPS) is 11.9. The molecule has 0 bridgehead atoms. The van der Waals surface area contributed by atoms with Crippen molar-refractivity contribution >= 4 is 6.16 Å². The van der Waals surface area contributed by atoms with Crippen LogP contribution >= 0.6 is 0 Å². The van der Waals surface area contributed by atoms with E-state index in [1.807, 2.05) is 44.2 Å². The van der Waals surface area contributed by atoms with E-state index in [4.69, 9.17) is 9.47 Å². The van der Waals surface area contributed by atoms with Gasteiger partial charge in [-0.15, -0.1) is 0 Å². The van der Waals surface area contributed by atoms with Crippen molar-refractivity contribution in [3.8, 4) is 0 Å². The molecule has 1 unspecified atom stereocenters. The standard InChI is InChI=1S/C12H16O3/c1-3-10(2)15-12(13)14-9-11-7-5-4-6-8-11/h4-8,10H,3,9H2,1-2H3. The molecule has 3 heteroatoms. The van der Waals surface area contributed by atoms with E-state index >= 15 is 0 Å². The highest BCUT2D eigenvalue weighted by molar-refractivity contribution is 5.60. The topological polar surface area (TPSA) is 35.5 Å². The van der Waals surface area contributed by atoms with Crippen LogP contribution in [0.1, 0.15) is 25.8 Å². The Morgan fingerprint density at radius 2 is 2.00 bits per heavy atom. The van der Waals surface area contributed by atoms with Crippen LogP contribution in [0.5, 0.6) is 0 Å². The van der Waals surface area contributed by atoms with E-state index in [1.54, 1.807) is 0 Å².